The van der Waals surface area contributed by atoms with Gasteiger partial charge in [0.15, 0.2) is 11.5 Å². The SMILES string of the molecule is Cc1nc2c(C(=O)N3C[C@H](C)O[C@@H](c4ccsc4)C3)cccc2o1. The van der Waals surface area contributed by atoms with Crippen LogP contribution in [0.3, 0.4) is 0 Å². The maximum atomic E-state index is 13.1. The molecule has 124 valence electrons. The number of morpholine rings is 1. The van der Waals surface area contributed by atoms with Gasteiger partial charge >= 0.3 is 0 Å². The Hall–Kier alpha value is -2.18. The van der Waals surface area contributed by atoms with Crippen LogP contribution in [0.2, 0.25) is 0 Å². The van der Waals surface area contributed by atoms with Crippen molar-refractivity contribution in [3.05, 3.63) is 52.0 Å². The largest absolute Gasteiger partial charge is 0.441 e. The van der Waals surface area contributed by atoms with E-state index in [-0.39, 0.29) is 18.1 Å². The second-order valence-electron chi connectivity index (χ2n) is 6.09. The Balaban J connectivity index is 1.65. The van der Waals surface area contributed by atoms with E-state index in [4.69, 9.17) is 9.15 Å². The number of thiophene rings is 1. The Bertz CT molecular complexity index is 872. The summed E-state index contributed by atoms with van der Waals surface area (Å²) in [5.41, 5.74) is 2.99. The molecule has 4 rings (SSSR count). The Kier molecular flexibility index (Phi) is 3.86. The first-order valence-corrected chi connectivity index (χ1v) is 8.89. The highest BCUT2D eigenvalue weighted by molar-refractivity contribution is 7.07. The van der Waals surface area contributed by atoms with Gasteiger partial charge in [-0.15, -0.1) is 0 Å². The number of para-hydroxylation sites is 1. The van der Waals surface area contributed by atoms with Crippen LogP contribution in [0.25, 0.3) is 11.1 Å². The summed E-state index contributed by atoms with van der Waals surface area (Å²) < 4.78 is 11.6. The Labute approximate surface area is 143 Å². The Morgan fingerprint density at radius 1 is 1.33 bits per heavy atom. The first-order valence-electron chi connectivity index (χ1n) is 7.95. The number of fused-ring (bicyclic) bond motifs is 1. The highest BCUT2D eigenvalue weighted by atomic mass is 32.1. The predicted molar refractivity (Wildman–Crippen MR) is 92.3 cm³/mol. The van der Waals surface area contributed by atoms with E-state index in [1.807, 2.05) is 35.4 Å². The van der Waals surface area contributed by atoms with Gasteiger partial charge in [-0.3, -0.25) is 4.79 Å². The van der Waals surface area contributed by atoms with Crippen LogP contribution in [-0.2, 0) is 4.74 Å². The number of ether oxygens (including phenoxy) is 1. The summed E-state index contributed by atoms with van der Waals surface area (Å²) in [6, 6.07) is 7.53. The molecule has 1 aromatic carbocycles. The van der Waals surface area contributed by atoms with E-state index in [0.29, 0.717) is 35.6 Å². The first-order chi connectivity index (χ1) is 11.6. The van der Waals surface area contributed by atoms with Gasteiger partial charge in [-0.1, -0.05) is 6.07 Å². The van der Waals surface area contributed by atoms with Crippen LogP contribution in [0.15, 0.2) is 39.4 Å². The average molecular weight is 342 g/mol. The van der Waals surface area contributed by atoms with Crippen LogP contribution in [-0.4, -0.2) is 35.0 Å². The number of carbonyl (C=O) groups excluding carboxylic acids is 1. The first kappa shape index (κ1) is 15.4. The molecule has 0 spiro atoms. The molecule has 6 heteroatoms. The number of hydrogen-bond acceptors (Lipinski definition) is 5. The summed E-state index contributed by atoms with van der Waals surface area (Å²) in [6.45, 7) is 4.91. The molecule has 2 aromatic heterocycles. The number of aryl methyl sites for hydroxylation is 1. The number of oxazole rings is 1. The van der Waals surface area contributed by atoms with Crippen molar-refractivity contribution in [3.8, 4) is 0 Å². The molecule has 3 aromatic rings. The van der Waals surface area contributed by atoms with Crippen molar-refractivity contribution in [2.75, 3.05) is 13.1 Å². The Morgan fingerprint density at radius 3 is 3.00 bits per heavy atom. The minimum Gasteiger partial charge on any atom is -0.441 e. The maximum absolute atomic E-state index is 13.1. The fourth-order valence-electron chi connectivity index (χ4n) is 3.16. The quantitative estimate of drug-likeness (QED) is 0.711. The van der Waals surface area contributed by atoms with Crippen LogP contribution in [0.4, 0.5) is 0 Å². The standard InChI is InChI=1S/C18H18N2O3S/c1-11-8-20(9-16(22-11)13-6-7-24-10-13)18(21)14-4-3-5-15-17(14)19-12(2)23-15/h3-7,10-11,16H,8-9H2,1-2H3/t11-,16+/m0/s1. The number of benzene rings is 1. The molecule has 0 aliphatic carbocycles. The van der Waals surface area contributed by atoms with Gasteiger partial charge in [-0.25, -0.2) is 4.98 Å². The van der Waals surface area contributed by atoms with Crippen molar-refractivity contribution in [2.45, 2.75) is 26.1 Å². The highest BCUT2D eigenvalue weighted by Gasteiger charge is 2.31. The average Bonchev–Trinajstić information content (AvgIpc) is 3.21. The third-order valence-electron chi connectivity index (χ3n) is 4.22. The zero-order valence-electron chi connectivity index (χ0n) is 13.6. The molecule has 1 amide bonds. The van der Waals surface area contributed by atoms with E-state index in [0.717, 1.165) is 5.56 Å². The van der Waals surface area contributed by atoms with Crippen molar-refractivity contribution in [3.63, 3.8) is 0 Å². The fraction of sp³-hybridized carbons (Fsp3) is 0.333. The number of amides is 1. The molecule has 0 N–H and O–H groups in total. The molecular weight excluding hydrogens is 324 g/mol. The normalized spacial score (nSPS) is 21.3. The van der Waals surface area contributed by atoms with Gasteiger partial charge in [-0.05, 0) is 41.4 Å². The van der Waals surface area contributed by atoms with E-state index in [9.17, 15) is 4.79 Å². The zero-order valence-corrected chi connectivity index (χ0v) is 14.4. The lowest BCUT2D eigenvalue weighted by Gasteiger charge is -2.36. The maximum Gasteiger partial charge on any atom is 0.256 e. The molecule has 0 unspecified atom stereocenters. The van der Waals surface area contributed by atoms with E-state index < -0.39 is 0 Å². The van der Waals surface area contributed by atoms with Crippen LogP contribution >= 0.6 is 11.3 Å². The second-order valence-corrected chi connectivity index (χ2v) is 6.87. The van der Waals surface area contributed by atoms with Gasteiger partial charge in [0.2, 0.25) is 0 Å². The number of nitrogens with zero attached hydrogens (tertiary/aromatic N) is 2. The van der Waals surface area contributed by atoms with Gasteiger partial charge in [0.25, 0.3) is 5.91 Å². The molecule has 3 heterocycles. The summed E-state index contributed by atoms with van der Waals surface area (Å²) in [5, 5.41) is 4.11. The lowest BCUT2D eigenvalue weighted by molar-refractivity contribution is -0.0689. The van der Waals surface area contributed by atoms with Crippen molar-refractivity contribution in [1.29, 1.82) is 0 Å². The molecule has 1 aliphatic rings. The molecule has 0 saturated carbocycles. The minimum absolute atomic E-state index is 0.00847. The number of rotatable bonds is 2. The van der Waals surface area contributed by atoms with E-state index >= 15 is 0 Å². The highest BCUT2D eigenvalue weighted by Crippen LogP contribution is 2.29. The van der Waals surface area contributed by atoms with Gasteiger partial charge in [-0.2, -0.15) is 11.3 Å². The van der Waals surface area contributed by atoms with Crippen LogP contribution in [0.1, 0.15) is 34.8 Å². The molecule has 2 atom stereocenters. The second kappa shape index (κ2) is 6.03. The monoisotopic (exact) mass is 342 g/mol. The number of aromatic nitrogens is 1. The van der Waals surface area contributed by atoms with E-state index in [1.54, 1.807) is 18.3 Å². The van der Waals surface area contributed by atoms with Crippen molar-refractivity contribution in [1.82, 2.24) is 9.88 Å². The third-order valence-corrected chi connectivity index (χ3v) is 4.92. The molecule has 1 saturated heterocycles. The molecule has 24 heavy (non-hydrogen) atoms. The zero-order chi connectivity index (χ0) is 16.7. The Morgan fingerprint density at radius 2 is 2.21 bits per heavy atom. The summed E-state index contributed by atoms with van der Waals surface area (Å²) in [7, 11) is 0. The lowest BCUT2D eigenvalue weighted by atomic mass is 10.1. The van der Waals surface area contributed by atoms with E-state index in [2.05, 4.69) is 16.4 Å². The van der Waals surface area contributed by atoms with Crippen LogP contribution in [0, 0.1) is 6.92 Å². The smallest absolute Gasteiger partial charge is 0.256 e. The van der Waals surface area contributed by atoms with E-state index in [1.165, 1.54) is 0 Å². The number of hydrogen-bond donors (Lipinski definition) is 0. The fourth-order valence-corrected chi connectivity index (χ4v) is 3.86. The lowest BCUT2D eigenvalue weighted by Crippen LogP contribution is -2.45. The van der Waals surface area contributed by atoms with Gasteiger partial charge < -0.3 is 14.1 Å². The summed E-state index contributed by atoms with van der Waals surface area (Å²) in [6.07, 6.45) is -0.0898. The molecule has 1 aliphatic heterocycles. The molecular formula is C18H18N2O3S. The number of carbonyl (C=O) groups is 1. The van der Waals surface area contributed by atoms with Crippen LogP contribution in [0.5, 0.6) is 0 Å². The van der Waals surface area contributed by atoms with Gasteiger partial charge in [0, 0.05) is 13.5 Å². The van der Waals surface area contributed by atoms with Gasteiger partial charge in [0.05, 0.1) is 18.2 Å². The van der Waals surface area contributed by atoms with Gasteiger partial charge in [0.1, 0.15) is 11.6 Å². The van der Waals surface area contributed by atoms with Crippen molar-refractivity contribution in [2.24, 2.45) is 0 Å². The molecule has 0 bridgehead atoms. The topological polar surface area (TPSA) is 55.6 Å². The molecule has 1 fully saturated rings. The minimum atomic E-state index is -0.0813. The predicted octanol–water partition coefficient (Wildman–Crippen LogP) is 3.80. The summed E-state index contributed by atoms with van der Waals surface area (Å²) in [5.74, 6) is 0.543. The summed E-state index contributed by atoms with van der Waals surface area (Å²) in [4.78, 5) is 19.3. The van der Waals surface area contributed by atoms with Crippen molar-refractivity contribution < 1.29 is 13.9 Å². The third kappa shape index (κ3) is 2.72. The van der Waals surface area contributed by atoms with Crippen molar-refractivity contribution >= 4 is 28.3 Å². The summed E-state index contributed by atoms with van der Waals surface area (Å²) >= 11 is 1.64. The molecule has 0 radical (unpaired) electrons. The van der Waals surface area contributed by atoms with Crippen LogP contribution < -0.4 is 0 Å². The molecule has 5 nitrogen and oxygen atoms in total.